The van der Waals surface area contributed by atoms with E-state index in [9.17, 15) is 4.79 Å². The summed E-state index contributed by atoms with van der Waals surface area (Å²) in [4.78, 5) is 14.9. The Labute approximate surface area is 109 Å². The summed E-state index contributed by atoms with van der Waals surface area (Å²) in [5.41, 5.74) is 1.47. The maximum absolute atomic E-state index is 10.8. The molecule has 0 aliphatic rings. The van der Waals surface area contributed by atoms with Crippen molar-refractivity contribution in [1.29, 1.82) is 5.26 Å². The van der Waals surface area contributed by atoms with Gasteiger partial charge in [0.1, 0.15) is 11.9 Å². The fourth-order valence-electron chi connectivity index (χ4n) is 1.44. The molecule has 1 aromatic heterocycles. The number of nitrogens with one attached hydrogen (secondary N) is 1. The standard InChI is InChI=1S/C13H8ClN3O/c14-12-4-3-11(6-10(12)7-15)17-13-9(8-18)2-1-5-16-13/h1-6,8H,(H,16,17). The number of carbonyl (C=O) groups excluding carboxylic acids is 1. The lowest BCUT2D eigenvalue weighted by atomic mass is 10.2. The molecule has 1 N–H and O–H groups in total. The lowest BCUT2D eigenvalue weighted by Crippen LogP contribution is -1.98. The van der Waals surface area contributed by atoms with Crippen LogP contribution in [-0.2, 0) is 0 Å². The minimum atomic E-state index is 0.366. The van der Waals surface area contributed by atoms with Gasteiger partial charge < -0.3 is 5.32 Å². The number of hydrogen-bond donors (Lipinski definition) is 1. The number of hydrogen-bond acceptors (Lipinski definition) is 4. The highest BCUT2D eigenvalue weighted by molar-refractivity contribution is 6.31. The summed E-state index contributed by atoms with van der Waals surface area (Å²) in [5.74, 6) is 0.443. The third-order valence-electron chi connectivity index (χ3n) is 2.32. The molecule has 2 aromatic rings. The van der Waals surface area contributed by atoms with Gasteiger partial charge >= 0.3 is 0 Å². The van der Waals surface area contributed by atoms with Crippen molar-refractivity contribution < 1.29 is 4.79 Å². The van der Waals surface area contributed by atoms with Crippen molar-refractivity contribution in [2.75, 3.05) is 5.32 Å². The first-order chi connectivity index (χ1) is 8.74. The maximum Gasteiger partial charge on any atom is 0.153 e. The molecule has 88 valence electrons. The van der Waals surface area contributed by atoms with E-state index in [1.54, 1.807) is 36.5 Å². The Morgan fingerprint density at radius 1 is 1.39 bits per heavy atom. The molecule has 0 saturated heterocycles. The van der Waals surface area contributed by atoms with Crippen LogP contribution in [0.3, 0.4) is 0 Å². The molecule has 1 heterocycles. The van der Waals surface area contributed by atoms with E-state index < -0.39 is 0 Å². The Morgan fingerprint density at radius 3 is 2.94 bits per heavy atom. The molecule has 4 nitrogen and oxygen atoms in total. The summed E-state index contributed by atoms with van der Waals surface area (Å²) in [6.45, 7) is 0. The van der Waals surface area contributed by atoms with Crippen LogP contribution in [0.2, 0.25) is 5.02 Å². The number of aromatic nitrogens is 1. The minimum Gasteiger partial charge on any atom is -0.340 e. The fraction of sp³-hybridized carbons (Fsp3) is 0. The summed E-state index contributed by atoms with van der Waals surface area (Å²) >= 11 is 5.84. The lowest BCUT2D eigenvalue weighted by Gasteiger charge is -2.08. The minimum absolute atomic E-state index is 0.366. The van der Waals surface area contributed by atoms with Crippen molar-refractivity contribution in [3.8, 4) is 6.07 Å². The zero-order valence-corrected chi connectivity index (χ0v) is 9.98. The van der Waals surface area contributed by atoms with E-state index in [4.69, 9.17) is 16.9 Å². The first-order valence-electron chi connectivity index (χ1n) is 5.11. The first-order valence-corrected chi connectivity index (χ1v) is 5.49. The number of benzene rings is 1. The van der Waals surface area contributed by atoms with Crippen LogP contribution in [0.1, 0.15) is 15.9 Å². The Morgan fingerprint density at radius 2 is 2.22 bits per heavy atom. The van der Waals surface area contributed by atoms with Gasteiger partial charge in [-0.15, -0.1) is 0 Å². The van der Waals surface area contributed by atoms with Crippen molar-refractivity contribution in [2.45, 2.75) is 0 Å². The SMILES string of the molecule is N#Cc1cc(Nc2ncccc2C=O)ccc1Cl. The predicted molar refractivity (Wildman–Crippen MR) is 69.1 cm³/mol. The topological polar surface area (TPSA) is 65.8 Å². The van der Waals surface area contributed by atoms with Crippen LogP contribution in [0.5, 0.6) is 0 Å². The van der Waals surface area contributed by atoms with Crippen molar-refractivity contribution in [2.24, 2.45) is 0 Å². The molecular weight excluding hydrogens is 250 g/mol. The molecule has 0 atom stereocenters. The number of halogens is 1. The van der Waals surface area contributed by atoms with Crippen LogP contribution in [0.15, 0.2) is 36.5 Å². The maximum atomic E-state index is 10.8. The van der Waals surface area contributed by atoms with E-state index in [-0.39, 0.29) is 0 Å². The van der Waals surface area contributed by atoms with Gasteiger partial charge in [-0.1, -0.05) is 11.6 Å². The summed E-state index contributed by atoms with van der Waals surface area (Å²) in [5, 5.41) is 12.2. The zero-order chi connectivity index (χ0) is 13.0. The highest BCUT2D eigenvalue weighted by atomic mass is 35.5. The number of aldehydes is 1. The predicted octanol–water partition coefficient (Wildman–Crippen LogP) is 3.16. The Balaban J connectivity index is 2.35. The number of pyridine rings is 1. The van der Waals surface area contributed by atoms with E-state index in [2.05, 4.69) is 10.3 Å². The molecule has 0 amide bonds. The Hall–Kier alpha value is -2.38. The van der Waals surface area contributed by atoms with Gasteiger partial charge in [-0.3, -0.25) is 4.79 Å². The highest BCUT2D eigenvalue weighted by Gasteiger charge is 2.05. The van der Waals surface area contributed by atoms with Crippen molar-refractivity contribution in [1.82, 2.24) is 4.98 Å². The molecule has 1 aromatic carbocycles. The number of anilines is 2. The van der Waals surface area contributed by atoms with Gasteiger partial charge in [-0.25, -0.2) is 4.98 Å². The van der Waals surface area contributed by atoms with Gasteiger partial charge in [0.05, 0.1) is 16.1 Å². The zero-order valence-electron chi connectivity index (χ0n) is 9.22. The van der Waals surface area contributed by atoms with Crippen LogP contribution in [0.4, 0.5) is 11.5 Å². The molecule has 0 saturated carbocycles. The van der Waals surface area contributed by atoms with Gasteiger partial charge in [0.2, 0.25) is 0 Å². The average Bonchev–Trinajstić information content (AvgIpc) is 2.41. The smallest absolute Gasteiger partial charge is 0.153 e. The average molecular weight is 258 g/mol. The van der Waals surface area contributed by atoms with Crippen LogP contribution >= 0.6 is 11.6 Å². The Kier molecular flexibility index (Phi) is 3.56. The molecule has 18 heavy (non-hydrogen) atoms. The molecule has 0 spiro atoms. The number of rotatable bonds is 3. The van der Waals surface area contributed by atoms with E-state index in [0.717, 1.165) is 6.29 Å². The summed E-state index contributed by atoms with van der Waals surface area (Å²) in [6, 6.07) is 10.3. The second-order valence-corrected chi connectivity index (χ2v) is 3.90. The van der Waals surface area contributed by atoms with Gasteiger partial charge in [-0.05, 0) is 30.3 Å². The van der Waals surface area contributed by atoms with Crippen LogP contribution < -0.4 is 5.32 Å². The molecular formula is C13H8ClN3O. The molecule has 0 aliphatic heterocycles. The van der Waals surface area contributed by atoms with E-state index in [1.165, 1.54) is 0 Å². The molecule has 0 bridgehead atoms. The second-order valence-electron chi connectivity index (χ2n) is 3.49. The summed E-state index contributed by atoms with van der Waals surface area (Å²) in [7, 11) is 0. The highest BCUT2D eigenvalue weighted by Crippen LogP contribution is 2.22. The van der Waals surface area contributed by atoms with E-state index in [0.29, 0.717) is 27.7 Å². The summed E-state index contributed by atoms with van der Waals surface area (Å²) in [6.07, 6.45) is 2.30. The van der Waals surface area contributed by atoms with E-state index >= 15 is 0 Å². The number of carbonyl (C=O) groups is 1. The molecule has 0 unspecified atom stereocenters. The molecule has 0 radical (unpaired) electrons. The molecule has 0 aliphatic carbocycles. The fourth-order valence-corrected chi connectivity index (χ4v) is 1.60. The van der Waals surface area contributed by atoms with Gasteiger partial charge in [0.15, 0.2) is 6.29 Å². The largest absolute Gasteiger partial charge is 0.340 e. The molecule has 0 fully saturated rings. The van der Waals surface area contributed by atoms with E-state index in [1.807, 2.05) is 6.07 Å². The van der Waals surface area contributed by atoms with Crippen molar-refractivity contribution in [3.05, 3.63) is 52.7 Å². The van der Waals surface area contributed by atoms with Gasteiger partial charge in [0, 0.05) is 11.9 Å². The van der Waals surface area contributed by atoms with Crippen LogP contribution in [0.25, 0.3) is 0 Å². The third-order valence-corrected chi connectivity index (χ3v) is 2.65. The van der Waals surface area contributed by atoms with Crippen molar-refractivity contribution >= 4 is 29.4 Å². The second kappa shape index (κ2) is 5.30. The Bertz CT molecular complexity index is 634. The number of nitrogens with zero attached hydrogens (tertiary/aromatic N) is 2. The third kappa shape index (κ3) is 2.47. The van der Waals surface area contributed by atoms with Gasteiger partial charge in [0.25, 0.3) is 0 Å². The summed E-state index contributed by atoms with van der Waals surface area (Å²) < 4.78 is 0. The first kappa shape index (κ1) is 12.1. The number of nitriles is 1. The molecule has 5 heteroatoms. The van der Waals surface area contributed by atoms with Crippen molar-refractivity contribution in [3.63, 3.8) is 0 Å². The van der Waals surface area contributed by atoms with Gasteiger partial charge in [-0.2, -0.15) is 5.26 Å². The van der Waals surface area contributed by atoms with Crippen LogP contribution in [0, 0.1) is 11.3 Å². The lowest BCUT2D eigenvalue weighted by molar-refractivity contribution is 0.112. The normalized spacial score (nSPS) is 9.56. The molecule has 2 rings (SSSR count). The monoisotopic (exact) mass is 257 g/mol. The quantitative estimate of drug-likeness (QED) is 0.858. The van der Waals surface area contributed by atoms with Crippen LogP contribution in [-0.4, -0.2) is 11.3 Å².